The van der Waals surface area contributed by atoms with Gasteiger partial charge in [-0.1, -0.05) is 6.92 Å². The Bertz CT molecular complexity index is 260. The molecule has 0 fully saturated rings. The second-order valence-electron chi connectivity index (χ2n) is 2.51. The lowest BCUT2D eigenvalue weighted by Crippen LogP contribution is -2.44. The highest BCUT2D eigenvalue weighted by atomic mass is 32.2. The Balaban J connectivity index is 4.31. The van der Waals surface area contributed by atoms with Crippen molar-refractivity contribution in [2.75, 3.05) is 12.4 Å². The molecular weight excluding hydrogens is 198 g/mol. The molecule has 0 rings (SSSR count). The summed E-state index contributed by atoms with van der Waals surface area (Å²) in [4.78, 5) is 10.3. The third-order valence-electron chi connectivity index (χ3n) is 1.28. The summed E-state index contributed by atoms with van der Waals surface area (Å²) in [7, 11) is -3.58. The molecule has 6 nitrogen and oxygen atoms in total. The summed E-state index contributed by atoms with van der Waals surface area (Å²) in [6, 6.07) is -1.45. The van der Waals surface area contributed by atoms with Crippen molar-refractivity contribution in [3.05, 3.63) is 0 Å². The number of aliphatic hydroxyl groups excluding tert-OH is 1. The van der Waals surface area contributed by atoms with E-state index in [1.807, 2.05) is 4.72 Å². The molecule has 1 unspecified atom stereocenters. The van der Waals surface area contributed by atoms with E-state index in [4.69, 9.17) is 10.2 Å². The Kier molecular flexibility index (Phi) is 4.89. The van der Waals surface area contributed by atoms with Crippen LogP contribution in [0.25, 0.3) is 0 Å². The number of carboxylic acid groups (broad SMARTS) is 1. The maximum atomic E-state index is 11.0. The van der Waals surface area contributed by atoms with Crippen LogP contribution in [0.4, 0.5) is 0 Å². The number of nitrogens with one attached hydrogen (secondary N) is 1. The first-order chi connectivity index (χ1) is 5.93. The molecule has 13 heavy (non-hydrogen) atoms. The Labute approximate surface area is 76.6 Å². The van der Waals surface area contributed by atoms with E-state index < -0.39 is 28.6 Å². The topological polar surface area (TPSA) is 104 Å². The first-order valence-electron chi connectivity index (χ1n) is 3.76. The molecule has 0 spiro atoms. The zero-order valence-electron chi connectivity index (χ0n) is 7.23. The zero-order chi connectivity index (χ0) is 10.5. The molecule has 0 amide bonds. The average Bonchev–Trinajstić information content (AvgIpc) is 1.99. The van der Waals surface area contributed by atoms with Gasteiger partial charge in [0.1, 0.15) is 6.04 Å². The number of carbonyl (C=O) groups is 1. The molecule has 0 aliphatic heterocycles. The summed E-state index contributed by atoms with van der Waals surface area (Å²) in [6.45, 7) is 0.909. The first kappa shape index (κ1) is 12.3. The Morgan fingerprint density at radius 2 is 2.08 bits per heavy atom. The van der Waals surface area contributed by atoms with Gasteiger partial charge in [-0.3, -0.25) is 4.79 Å². The number of hydrogen-bond donors (Lipinski definition) is 3. The Hall–Kier alpha value is -0.660. The molecule has 3 N–H and O–H groups in total. The van der Waals surface area contributed by atoms with E-state index >= 15 is 0 Å². The second-order valence-corrected chi connectivity index (χ2v) is 4.38. The largest absolute Gasteiger partial charge is 0.480 e. The molecule has 0 heterocycles. The summed E-state index contributed by atoms with van der Waals surface area (Å²) in [6.07, 6.45) is 0.396. The second kappa shape index (κ2) is 5.15. The molecule has 0 aromatic heterocycles. The SMILES string of the molecule is CCCS(=O)(=O)NC(CO)C(=O)O. The molecule has 0 aromatic carbocycles. The molecule has 0 saturated heterocycles. The van der Waals surface area contributed by atoms with E-state index in [1.165, 1.54) is 0 Å². The summed E-state index contributed by atoms with van der Waals surface area (Å²) in [5.74, 6) is -1.53. The highest BCUT2D eigenvalue weighted by molar-refractivity contribution is 7.89. The van der Waals surface area contributed by atoms with E-state index in [0.717, 1.165) is 0 Å². The van der Waals surface area contributed by atoms with Gasteiger partial charge in [-0.25, -0.2) is 8.42 Å². The van der Waals surface area contributed by atoms with Crippen molar-refractivity contribution >= 4 is 16.0 Å². The van der Waals surface area contributed by atoms with Gasteiger partial charge in [0, 0.05) is 0 Å². The average molecular weight is 211 g/mol. The van der Waals surface area contributed by atoms with Gasteiger partial charge in [0.05, 0.1) is 12.4 Å². The maximum absolute atomic E-state index is 11.0. The standard InChI is InChI=1S/C6H13NO5S/c1-2-3-13(11,12)7-5(4-8)6(9)10/h5,7-8H,2-4H2,1H3,(H,9,10). The third-order valence-corrected chi connectivity index (χ3v) is 2.86. The summed E-state index contributed by atoms with van der Waals surface area (Å²) in [5.41, 5.74) is 0. The van der Waals surface area contributed by atoms with Crippen molar-refractivity contribution in [3.63, 3.8) is 0 Å². The minimum Gasteiger partial charge on any atom is -0.480 e. The Morgan fingerprint density at radius 3 is 2.38 bits per heavy atom. The number of hydrogen-bond acceptors (Lipinski definition) is 4. The maximum Gasteiger partial charge on any atom is 0.324 e. The molecule has 0 aromatic rings. The summed E-state index contributed by atoms with van der Waals surface area (Å²) >= 11 is 0. The Morgan fingerprint density at radius 1 is 1.54 bits per heavy atom. The van der Waals surface area contributed by atoms with Crippen molar-refractivity contribution in [1.82, 2.24) is 4.72 Å². The summed E-state index contributed by atoms with van der Waals surface area (Å²) in [5, 5.41) is 16.9. The lowest BCUT2D eigenvalue weighted by molar-refractivity contribution is -0.139. The van der Waals surface area contributed by atoms with Crippen molar-refractivity contribution in [3.8, 4) is 0 Å². The molecule has 0 radical (unpaired) electrons. The van der Waals surface area contributed by atoms with E-state index in [-0.39, 0.29) is 5.75 Å². The van der Waals surface area contributed by atoms with Gasteiger partial charge in [0.2, 0.25) is 10.0 Å². The van der Waals surface area contributed by atoms with Crippen molar-refractivity contribution in [1.29, 1.82) is 0 Å². The molecule has 1 atom stereocenters. The fourth-order valence-electron chi connectivity index (χ4n) is 0.710. The molecule has 0 saturated carbocycles. The monoisotopic (exact) mass is 211 g/mol. The van der Waals surface area contributed by atoms with Crippen molar-refractivity contribution in [2.45, 2.75) is 19.4 Å². The van der Waals surface area contributed by atoms with Crippen molar-refractivity contribution in [2.24, 2.45) is 0 Å². The number of rotatable bonds is 6. The van der Waals surface area contributed by atoms with Gasteiger partial charge in [-0.2, -0.15) is 4.72 Å². The van der Waals surface area contributed by atoms with Gasteiger partial charge in [0.15, 0.2) is 0 Å². The first-order valence-corrected chi connectivity index (χ1v) is 5.42. The van der Waals surface area contributed by atoms with E-state index in [2.05, 4.69) is 0 Å². The fraction of sp³-hybridized carbons (Fsp3) is 0.833. The predicted octanol–water partition coefficient (Wildman–Crippen LogP) is -1.24. The third kappa shape index (κ3) is 4.81. The van der Waals surface area contributed by atoms with E-state index in [0.29, 0.717) is 6.42 Å². The van der Waals surface area contributed by atoms with Gasteiger partial charge in [-0.05, 0) is 6.42 Å². The molecule has 0 aliphatic rings. The van der Waals surface area contributed by atoms with Gasteiger partial charge < -0.3 is 10.2 Å². The van der Waals surface area contributed by atoms with Gasteiger partial charge in [-0.15, -0.1) is 0 Å². The minimum absolute atomic E-state index is 0.142. The van der Waals surface area contributed by atoms with Crippen LogP contribution in [0.5, 0.6) is 0 Å². The van der Waals surface area contributed by atoms with Gasteiger partial charge >= 0.3 is 5.97 Å². The number of sulfonamides is 1. The lowest BCUT2D eigenvalue weighted by Gasteiger charge is -2.10. The molecule has 78 valence electrons. The zero-order valence-corrected chi connectivity index (χ0v) is 8.04. The number of aliphatic carboxylic acids is 1. The molecular formula is C6H13NO5S. The summed E-state index contributed by atoms with van der Waals surface area (Å²) < 4.78 is 23.9. The highest BCUT2D eigenvalue weighted by Gasteiger charge is 2.22. The molecule has 7 heteroatoms. The number of aliphatic hydroxyl groups is 1. The molecule has 0 aliphatic carbocycles. The normalized spacial score (nSPS) is 14.0. The fourth-order valence-corrected chi connectivity index (χ4v) is 1.97. The minimum atomic E-state index is -3.58. The molecule has 0 bridgehead atoms. The van der Waals surface area contributed by atoms with Crippen LogP contribution in [0, 0.1) is 0 Å². The van der Waals surface area contributed by atoms with Crippen LogP contribution in [0.1, 0.15) is 13.3 Å². The van der Waals surface area contributed by atoms with Crippen LogP contribution in [0.3, 0.4) is 0 Å². The van der Waals surface area contributed by atoms with Gasteiger partial charge in [0.25, 0.3) is 0 Å². The van der Waals surface area contributed by atoms with Crippen LogP contribution >= 0.6 is 0 Å². The van der Waals surface area contributed by atoms with Crippen LogP contribution in [-0.4, -0.2) is 43.0 Å². The van der Waals surface area contributed by atoms with Crippen molar-refractivity contribution < 1.29 is 23.4 Å². The van der Waals surface area contributed by atoms with Crippen LogP contribution < -0.4 is 4.72 Å². The van der Waals surface area contributed by atoms with Crippen LogP contribution in [0.2, 0.25) is 0 Å². The smallest absolute Gasteiger partial charge is 0.324 e. The lowest BCUT2D eigenvalue weighted by atomic mass is 10.3. The highest BCUT2D eigenvalue weighted by Crippen LogP contribution is 1.92. The van der Waals surface area contributed by atoms with E-state index in [1.54, 1.807) is 6.92 Å². The van der Waals surface area contributed by atoms with Crippen LogP contribution in [0.15, 0.2) is 0 Å². The van der Waals surface area contributed by atoms with Crippen LogP contribution in [-0.2, 0) is 14.8 Å². The predicted molar refractivity (Wildman–Crippen MR) is 45.7 cm³/mol. The van der Waals surface area contributed by atoms with E-state index in [9.17, 15) is 13.2 Å². The number of carboxylic acids is 1. The quantitative estimate of drug-likeness (QED) is 0.510.